The van der Waals surface area contributed by atoms with Crippen molar-refractivity contribution in [1.82, 2.24) is 0 Å². The fourth-order valence-electron chi connectivity index (χ4n) is 8.44. The molecule has 368 valence electrons. The molecule has 62 heavy (non-hydrogen) atoms. The molecule has 6 nitrogen and oxygen atoms in total. The van der Waals surface area contributed by atoms with Gasteiger partial charge in [-0.3, -0.25) is 14.4 Å². The van der Waals surface area contributed by atoms with Crippen molar-refractivity contribution in [3.63, 3.8) is 0 Å². The van der Waals surface area contributed by atoms with Crippen LogP contribution in [0.2, 0.25) is 0 Å². The average Bonchev–Trinajstić information content (AvgIpc) is 3.24. The van der Waals surface area contributed by atoms with Crippen LogP contribution in [0, 0.1) is 17.8 Å². The van der Waals surface area contributed by atoms with Gasteiger partial charge < -0.3 is 14.2 Å². The average molecular weight is 877 g/mol. The van der Waals surface area contributed by atoms with Crippen molar-refractivity contribution in [3.05, 3.63) is 0 Å². The lowest BCUT2D eigenvalue weighted by molar-refractivity contribution is -0.167. The second kappa shape index (κ2) is 47.4. The van der Waals surface area contributed by atoms with E-state index in [2.05, 4.69) is 41.5 Å². The van der Waals surface area contributed by atoms with Gasteiger partial charge in [-0.2, -0.15) is 0 Å². The highest BCUT2D eigenvalue weighted by Gasteiger charge is 2.19. The van der Waals surface area contributed by atoms with Crippen molar-refractivity contribution in [2.45, 2.75) is 311 Å². The molecule has 0 N–H and O–H groups in total. The summed E-state index contributed by atoms with van der Waals surface area (Å²) in [4.78, 5) is 38.1. The summed E-state index contributed by atoms with van der Waals surface area (Å²) in [7, 11) is 0. The maximum Gasteiger partial charge on any atom is 0.306 e. The molecule has 0 heterocycles. The first-order chi connectivity index (χ1) is 30.1. The second-order valence-corrected chi connectivity index (χ2v) is 20.4. The minimum Gasteiger partial charge on any atom is -0.462 e. The van der Waals surface area contributed by atoms with E-state index in [0.29, 0.717) is 19.3 Å². The molecule has 0 saturated carbocycles. The van der Waals surface area contributed by atoms with Crippen molar-refractivity contribution in [2.24, 2.45) is 17.8 Å². The zero-order valence-electron chi connectivity index (χ0n) is 42.7. The summed E-state index contributed by atoms with van der Waals surface area (Å²) in [6.45, 7) is 13.8. The van der Waals surface area contributed by atoms with Crippen LogP contribution in [0.15, 0.2) is 0 Å². The minimum atomic E-state index is -0.763. The van der Waals surface area contributed by atoms with Gasteiger partial charge in [0.05, 0.1) is 0 Å². The van der Waals surface area contributed by atoms with Crippen LogP contribution in [0.5, 0.6) is 0 Å². The maximum absolute atomic E-state index is 12.8. The molecule has 0 saturated heterocycles. The van der Waals surface area contributed by atoms with Crippen LogP contribution in [0.4, 0.5) is 0 Å². The Bertz CT molecular complexity index is 962. The van der Waals surface area contributed by atoms with Gasteiger partial charge in [0.2, 0.25) is 0 Å². The van der Waals surface area contributed by atoms with Crippen molar-refractivity contribution in [2.75, 3.05) is 13.2 Å². The summed E-state index contributed by atoms with van der Waals surface area (Å²) in [5, 5.41) is 0. The Labute approximate surface area is 387 Å². The summed E-state index contributed by atoms with van der Waals surface area (Å²) in [6, 6.07) is 0. The van der Waals surface area contributed by atoms with Crippen LogP contribution in [0.3, 0.4) is 0 Å². The van der Waals surface area contributed by atoms with E-state index in [1.54, 1.807) is 0 Å². The van der Waals surface area contributed by atoms with E-state index in [1.165, 1.54) is 186 Å². The molecule has 0 bridgehead atoms. The molecule has 0 radical (unpaired) electrons. The van der Waals surface area contributed by atoms with Gasteiger partial charge >= 0.3 is 17.9 Å². The SMILES string of the molecule is CCC(C)CCCCCCCCCCCCC(=O)OC[C@@H](COC(=O)CCCCCCCCCCCCCCCCC(C)C)OC(=O)CCCCCCCCCCCCC(C)C. The van der Waals surface area contributed by atoms with Gasteiger partial charge in [0.25, 0.3) is 0 Å². The Hall–Kier alpha value is -1.59. The first-order valence-electron chi connectivity index (χ1n) is 27.6. The van der Waals surface area contributed by atoms with Crippen LogP contribution in [-0.2, 0) is 28.6 Å². The zero-order chi connectivity index (χ0) is 45.6. The van der Waals surface area contributed by atoms with Crippen LogP contribution in [0.25, 0.3) is 0 Å². The Balaban J connectivity index is 4.31. The van der Waals surface area contributed by atoms with E-state index in [-0.39, 0.29) is 31.1 Å². The molecule has 0 rings (SSSR count). The highest BCUT2D eigenvalue weighted by molar-refractivity contribution is 5.71. The topological polar surface area (TPSA) is 78.9 Å². The molecule has 0 aromatic rings. The van der Waals surface area contributed by atoms with Crippen LogP contribution >= 0.6 is 0 Å². The number of rotatable bonds is 49. The monoisotopic (exact) mass is 877 g/mol. The number of hydrogen-bond donors (Lipinski definition) is 0. The van der Waals surface area contributed by atoms with E-state index in [9.17, 15) is 14.4 Å². The molecule has 0 aromatic heterocycles. The molecule has 6 heteroatoms. The number of esters is 3. The third kappa shape index (κ3) is 47.9. The zero-order valence-corrected chi connectivity index (χ0v) is 42.7. The molecule has 0 amide bonds. The predicted molar refractivity (Wildman–Crippen MR) is 266 cm³/mol. The second-order valence-electron chi connectivity index (χ2n) is 20.4. The van der Waals surface area contributed by atoms with Crippen LogP contribution in [0.1, 0.15) is 305 Å². The Morgan fingerprint density at radius 1 is 0.323 bits per heavy atom. The molecule has 1 unspecified atom stereocenters. The van der Waals surface area contributed by atoms with Crippen molar-refractivity contribution < 1.29 is 28.6 Å². The third-order valence-corrected chi connectivity index (χ3v) is 13.0. The fraction of sp³-hybridized carbons (Fsp3) is 0.946. The lowest BCUT2D eigenvalue weighted by Crippen LogP contribution is -2.30. The van der Waals surface area contributed by atoms with E-state index in [1.807, 2.05) is 0 Å². The van der Waals surface area contributed by atoms with Gasteiger partial charge in [-0.15, -0.1) is 0 Å². The molecular formula is C56H108O6. The van der Waals surface area contributed by atoms with Crippen LogP contribution < -0.4 is 0 Å². The molecule has 0 aromatic carbocycles. The molecule has 0 aliphatic rings. The van der Waals surface area contributed by atoms with Gasteiger partial charge in [0.15, 0.2) is 6.10 Å². The highest BCUT2D eigenvalue weighted by Crippen LogP contribution is 2.18. The highest BCUT2D eigenvalue weighted by atomic mass is 16.6. The molecule has 0 spiro atoms. The number of carbonyl (C=O) groups is 3. The summed E-state index contributed by atoms with van der Waals surface area (Å²) < 4.78 is 16.9. The van der Waals surface area contributed by atoms with Crippen molar-refractivity contribution in [3.8, 4) is 0 Å². The lowest BCUT2D eigenvalue weighted by atomic mass is 9.99. The first kappa shape index (κ1) is 60.4. The fourth-order valence-corrected chi connectivity index (χ4v) is 8.44. The van der Waals surface area contributed by atoms with Crippen LogP contribution in [-0.4, -0.2) is 37.2 Å². The number of hydrogen-bond acceptors (Lipinski definition) is 6. The van der Waals surface area contributed by atoms with E-state index < -0.39 is 6.10 Å². The predicted octanol–water partition coefficient (Wildman–Crippen LogP) is 17.9. The summed E-state index contributed by atoms with van der Waals surface area (Å²) in [5.41, 5.74) is 0. The van der Waals surface area contributed by atoms with E-state index in [0.717, 1.165) is 75.5 Å². The molecular weight excluding hydrogens is 769 g/mol. The normalized spacial score (nSPS) is 12.6. The Kier molecular flexibility index (Phi) is 46.2. The summed E-state index contributed by atoms with van der Waals surface area (Å²) >= 11 is 0. The van der Waals surface area contributed by atoms with Gasteiger partial charge in [-0.05, 0) is 37.0 Å². The van der Waals surface area contributed by atoms with Gasteiger partial charge in [-0.1, -0.05) is 266 Å². The van der Waals surface area contributed by atoms with E-state index in [4.69, 9.17) is 14.2 Å². The molecule has 0 fully saturated rings. The van der Waals surface area contributed by atoms with Gasteiger partial charge in [-0.25, -0.2) is 0 Å². The number of ether oxygens (including phenoxy) is 3. The van der Waals surface area contributed by atoms with Crippen molar-refractivity contribution in [1.29, 1.82) is 0 Å². The minimum absolute atomic E-state index is 0.0642. The molecule has 0 aliphatic heterocycles. The Morgan fingerprint density at radius 2 is 0.565 bits per heavy atom. The van der Waals surface area contributed by atoms with Gasteiger partial charge in [0, 0.05) is 19.3 Å². The van der Waals surface area contributed by atoms with Gasteiger partial charge in [0.1, 0.15) is 13.2 Å². The Morgan fingerprint density at radius 3 is 0.839 bits per heavy atom. The smallest absolute Gasteiger partial charge is 0.306 e. The molecule has 0 aliphatic carbocycles. The van der Waals surface area contributed by atoms with Crippen molar-refractivity contribution >= 4 is 17.9 Å². The first-order valence-corrected chi connectivity index (χ1v) is 27.6. The third-order valence-electron chi connectivity index (χ3n) is 13.0. The maximum atomic E-state index is 12.8. The molecule has 2 atom stereocenters. The largest absolute Gasteiger partial charge is 0.462 e. The summed E-state index contributed by atoms with van der Waals surface area (Å²) in [5.74, 6) is 1.68. The summed E-state index contributed by atoms with van der Waals surface area (Å²) in [6.07, 6.45) is 48.0. The lowest BCUT2D eigenvalue weighted by Gasteiger charge is -2.18. The number of carbonyl (C=O) groups excluding carboxylic acids is 3. The quantitative estimate of drug-likeness (QED) is 0.0344. The number of unbranched alkanes of at least 4 members (excludes halogenated alkanes) is 31. The van der Waals surface area contributed by atoms with E-state index >= 15 is 0 Å². The standard InChI is InChI=1S/C56H108O6/c1-7-52(6)44-38-32-26-20-15-17-22-28-34-40-46-55(58)61-49-53(62-56(59)47-41-35-29-23-16-14-19-25-31-37-43-51(4)5)48-60-54(57)45-39-33-27-21-13-11-9-8-10-12-18-24-30-36-42-50(2)3/h50-53H,7-49H2,1-6H3/t52?,53-/m1/s1.